The summed E-state index contributed by atoms with van der Waals surface area (Å²) in [6.45, 7) is 1.85. The van der Waals surface area contributed by atoms with Crippen molar-refractivity contribution in [1.82, 2.24) is 15.2 Å². The monoisotopic (exact) mass is 234 g/mol. The third-order valence-electron chi connectivity index (χ3n) is 2.72. The van der Waals surface area contributed by atoms with E-state index in [4.69, 9.17) is 5.84 Å². The van der Waals surface area contributed by atoms with Crippen molar-refractivity contribution < 1.29 is 4.39 Å². The molecule has 0 bridgehead atoms. The molecule has 1 heterocycles. The molecule has 4 nitrogen and oxygen atoms in total. The summed E-state index contributed by atoms with van der Waals surface area (Å²) in [7, 11) is 1.83. The van der Waals surface area contributed by atoms with Crippen LogP contribution in [0.2, 0.25) is 0 Å². The molecule has 1 aromatic carbocycles. The third-order valence-corrected chi connectivity index (χ3v) is 2.72. The molecule has 1 unspecified atom stereocenters. The summed E-state index contributed by atoms with van der Waals surface area (Å²) in [5.74, 6) is 5.29. The van der Waals surface area contributed by atoms with Crippen LogP contribution in [0.15, 0.2) is 30.5 Å². The molecule has 0 radical (unpaired) electrons. The molecule has 2 rings (SSSR count). The zero-order valence-electron chi connectivity index (χ0n) is 9.81. The number of aromatic nitrogens is 2. The summed E-state index contributed by atoms with van der Waals surface area (Å²) in [6, 6.07) is 6.45. The van der Waals surface area contributed by atoms with E-state index >= 15 is 0 Å². The highest BCUT2D eigenvalue weighted by atomic mass is 19.1. The van der Waals surface area contributed by atoms with Gasteiger partial charge in [0.1, 0.15) is 5.82 Å². The Balaban J connectivity index is 2.45. The number of nitrogens with zero attached hydrogens (tertiary/aromatic N) is 2. The molecule has 0 aliphatic rings. The number of hydrogen-bond donors (Lipinski definition) is 2. The number of hydrazine groups is 1. The van der Waals surface area contributed by atoms with Gasteiger partial charge in [0.05, 0.1) is 11.7 Å². The average molecular weight is 234 g/mol. The molecule has 0 saturated carbocycles. The minimum atomic E-state index is -0.267. The van der Waals surface area contributed by atoms with E-state index in [0.717, 1.165) is 16.8 Å². The Hall–Kier alpha value is -1.72. The van der Waals surface area contributed by atoms with Gasteiger partial charge in [-0.2, -0.15) is 5.10 Å². The maximum Gasteiger partial charge on any atom is 0.123 e. The summed E-state index contributed by atoms with van der Waals surface area (Å²) in [6.07, 6.45) is 1.69. The van der Waals surface area contributed by atoms with Crippen LogP contribution in [0.4, 0.5) is 4.39 Å². The number of nitrogens with one attached hydrogen (secondary N) is 1. The Kier molecular flexibility index (Phi) is 3.21. The van der Waals surface area contributed by atoms with Crippen molar-refractivity contribution >= 4 is 0 Å². The van der Waals surface area contributed by atoms with E-state index in [1.54, 1.807) is 10.9 Å². The largest absolute Gasteiger partial charge is 0.271 e. The van der Waals surface area contributed by atoms with Gasteiger partial charge >= 0.3 is 0 Å². The second kappa shape index (κ2) is 4.65. The Bertz CT molecular complexity index is 501. The van der Waals surface area contributed by atoms with Crippen LogP contribution in [-0.4, -0.2) is 9.78 Å². The topological polar surface area (TPSA) is 55.9 Å². The van der Waals surface area contributed by atoms with Gasteiger partial charge in [0, 0.05) is 13.2 Å². The van der Waals surface area contributed by atoms with Gasteiger partial charge in [0.15, 0.2) is 0 Å². The fourth-order valence-corrected chi connectivity index (χ4v) is 1.95. The first-order valence-electron chi connectivity index (χ1n) is 5.33. The predicted octanol–water partition coefficient (Wildman–Crippen LogP) is 1.42. The minimum absolute atomic E-state index is 0.262. The van der Waals surface area contributed by atoms with E-state index in [-0.39, 0.29) is 11.9 Å². The zero-order valence-corrected chi connectivity index (χ0v) is 9.81. The normalized spacial score (nSPS) is 12.7. The molecular weight excluding hydrogens is 219 g/mol. The van der Waals surface area contributed by atoms with Gasteiger partial charge in [-0.25, -0.2) is 9.82 Å². The first-order chi connectivity index (χ1) is 8.11. The summed E-state index contributed by atoms with van der Waals surface area (Å²) in [5, 5.41) is 4.08. The van der Waals surface area contributed by atoms with E-state index in [2.05, 4.69) is 10.5 Å². The van der Waals surface area contributed by atoms with Crippen molar-refractivity contribution in [1.29, 1.82) is 0 Å². The van der Waals surface area contributed by atoms with E-state index in [1.807, 2.05) is 26.1 Å². The van der Waals surface area contributed by atoms with Crippen LogP contribution in [0, 0.1) is 12.7 Å². The molecule has 90 valence electrons. The smallest absolute Gasteiger partial charge is 0.123 e. The molecule has 1 aromatic heterocycles. The molecule has 0 aliphatic heterocycles. The molecule has 0 saturated heterocycles. The summed E-state index contributed by atoms with van der Waals surface area (Å²) >= 11 is 0. The second-order valence-electron chi connectivity index (χ2n) is 4.04. The number of rotatable bonds is 3. The maximum atomic E-state index is 13.4. The van der Waals surface area contributed by atoms with E-state index in [0.29, 0.717) is 0 Å². The SMILES string of the molecule is Cc1cc(F)cc(C(NN)c2ccnn2C)c1. The van der Waals surface area contributed by atoms with E-state index < -0.39 is 0 Å². The lowest BCUT2D eigenvalue weighted by atomic mass is 10.0. The molecule has 2 aromatic rings. The minimum Gasteiger partial charge on any atom is -0.271 e. The van der Waals surface area contributed by atoms with E-state index in [1.165, 1.54) is 12.1 Å². The molecular formula is C12H15FN4. The van der Waals surface area contributed by atoms with Crippen molar-refractivity contribution in [2.24, 2.45) is 12.9 Å². The fraction of sp³-hybridized carbons (Fsp3) is 0.250. The van der Waals surface area contributed by atoms with Crippen LogP contribution >= 0.6 is 0 Å². The number of aryl methyl sites for hydroxylation is 2. The first-order valence-corrected chi connectivity index (χ1v) is 5.33. The van der Waals surface area contributed by atoms with Crippen molar-refractivity contribution in [3.8, 4) is 0 Å². The van der Waals surface area contributed by atoms with Gasteiger partial charge in [-0.05, 0) is 36.2 Å². The summed E-state index contributed by atoms with van der Waals surface area (Å²) in [4.78, 5) is 0. The van der Waals surface area contributed by atoms with Gasteiger partial charge in [-0.3, -0.25) is 10.5 Å². The molecule has 17 heavy (non-hydrogen) atoms. The molecule has 0 amide bonds. The Morgan fingerprint density at radius 1 is 1.41 bits per heavy atom. The second-order valence-corrected chi connectivity index (χ2v) is 4.04. The Morgan fingerprint density at radius 3 is 2.71 bits per heavy atom. The van der Waals surface area contributed by atoms with Crippen LogP contribution in [0.1, 0.15) is 22.9 Å². The molecule has 0 spiro atoms. The number of benzene rings is 1. The van der Waals surface area contributed by atoms with Gasteiger partial charge < -0.3 is 0 Å². The van der Waals surface area contributed by atoms with Crippen molar-refractivity contribution in [2.45, 2.75) is 13.0 Å². The van der Waals surface area contributed by atoms with Crippen LogP contribution < -0.4 is 11.3 Å². The molecule has 0 fully saturated rings. The van der Waals surface area contributed by atoms with Crippen LogP contribution in [0.3, 0.4) is 0 Å². The van der Waals surface area contributed by atoms with Crippen LogP contribution in [0.25, 0.3) is 0 Å². The number of nitrogens with two attached hydrogens (primary N) is 1. The van der Waals surface area contributed by atoms with Gasteiger partial charge in [-0.1, -0.05) is 6.07 Å². The molecule has 0 aliphatic carbocycles. The molecule has 5 heteroatoms. The highest BCUT2D eigenvalue weighted by molar-refractivity contribution is 5.31. The van der Waals surface area contributed by atoms with Gasteiger partial charge in [0.2, 0.25) is 0 Å². The molecule has 1 atom stereocenters. The lowest BCUT2D eigenvalue weighted by Gasteiger charge is -2.17. The zero-order chi connectivity index (χ0) is 12.4. The third kappa shape index (κ3) is 2.35. The van der Waals surface area contributed by atoms with Crippen LogP contribution in [-0.2, 0) is 7.05 Å². The van der Waals surface area contributed by atoms with Crippen molar-refractivity contribution in [3.05, 3.63) is 53.1 Å². The summed E-state index contributed by atoms with van der Waals surface area (Å²) < 4.78 is 15.1. The Labute approximate surface area is 99.2 Å². The van der Waals surface area contributed by atoms with Crippen LogP contribution in [0.5, 0.6) is 0 Å². The lowest BCUT2D eigenvalue weighted by Crippen LogP contribution is -2.30. The standard InChI is InChI=1S/C12H15FN4/c1-8-5-9(7-10(13)6-8)12(16-14)11-3-4-15-17(11)2/h3-7,12,16H,14H2,1-2H3. The molecule has 3 N–H and O–H groups in total. The summed E-state index contributed by atoms with van der Waals surface area (Å²) in [5.41, 5.74) is 5.22. The highest BCUT2D eigenvalue weighted by Crippen LogP contribution is 2.22. The predicted molar refractivity (Wildman–Crippen MR) is 63.5 cm³/mol. The number of hydrogen-bond acceptors (Lipinski definition) is 3. The van der Waals surface area contributed by atoms with E-state index in [9.17, 15) is 4.39 Å². The van der Waals surface area contributed by atoms with Crippen molar-refractivity contribution in [3.63, 3.8) is 0 Å². The first kappa shape index (κ1) is 11.8. The van der Waals surface area contributed by atoms with Gasteiger partial charge in [-0.15, -0.1) is 0 Å². The Morgan fingerprint density at radius 2 is 2.18 bits per heavy atom. The van der Waals surface area contributed by atoms with Gasteiger partial charge in [0.25, 0.3) is 0 Å². The van der Waals surface area contributed by atoms with Crippen molar-refractivity contribution in [2.75, 3.05) is 0 Å². The quantitative estimate of drug-likeness (QED) is 0.624. The fourth-order valence-electron chi connectivity index (χ4n) is 1.95. The maximum absolute atomic E-state index is 13.4. The number of halogens is 1. The average Bonchev–Trinajstić information content (AvgIpc) is 2.65. The lowest BCUT2D eigenvalue weighted by molar-refractivity contribution is 0.566. The highest BCUT2D eigenvalue weighted by Gasteiger charge is 2.16.